The van der Waals surface area contributed by atoms with Crippen molar-refractivity contribution in [2.75, 3.05) is 6.54 Å². The molecule has 0 unspecified atom stereocenters. The number of nitrogens with two attached hydrogens (primary N) is 1. The van der Waals surface area contributed by atoms with Crippen LogP contribution in [0.4, 0.5) is 0 Å². The first-order valence-electron chi connectivity index (χ1n) is 5.18. The van der Waals surface area contributed by atoms with Crippen LogP contribution >= 0.6 is 0 Å². The molecule has 0 bridgehead atoms. The van der Waals surface area contributed by atoms with E-state index in [0.717, 1.165) is 37.4 Å². The van der Waals surface area contributed by atoms with Gasteiger partial charge in [-0.05, 0) is 37.9 Å². The van der Waals surface area contributed by atoms with E-state index in [0.29, 0.717) is 0 Å². The molecule has 2 heterocycles. The van der Waals surface area contributed by atoms with Gasteiger partial charge in [0.05, 0.1) is 12.0 Å². The van der Waals surface area contributed by atoms with Gasteiger partial charge in [0.25, 0.3) is 0 Å². The van der Waals surface area contributed by atoms with Crippen molar-refractivity contribution in [1.29, 1.82) is 0 Å². The van der Waals surface area contributed by atoms with Gasteiger partial charge >= 0.3 is 0 Å². The maximum Gasteiger partial charge on any atom is 0.219 e. The Morgan fingerprint density at radius 3 is 3.00 bits per heavy atom. The lowest BCUT2D eigenvalue weighted by Crippen LogP contribution is -1.99. The summed E-state index contributed by atoms with van der Waals surface area (Å²) < 4.78 is 6.99. The Morgan fingerprint density at radius 1 is 1.33 bits per heavy atom. The standard InChI is InChI=1S/C11H15N3O/c12-7-2-1-4-10-6-8-14(13-10)11-5-3-9-15-11/h3,5-6,8-9H,1-2,4,7,12H2. The Hall–Kier alpha value is -1.55. The molecule has 2 rings (SSSR count). The van der Waals surface area contributed by atoms with E-state index >= 15 is 0 Å². The van der Waals surface area contributed by atoms with E-state index in [4.69, 9.17) is 10.2 Å². The molecule has 15 heavy (non-hydrogen) atoms. The van der Waals surface area contributed by atoms with Crippen LogP contribution in [-0.4, -0.2) is 16.3 Å². The van der Waals surface area contributed by atoms with Gasteiger partial charge in [-0.15, -0.1) is 0 Å². The lowest BCUT2D eigenvalue weighted by Gasteiger charge is -1.96. The number of aryl methyl sites for hydroxylation is 1. The average molecular weight is 205 g/mol. The number of furan rings is 1. The number of nitrogens with zero attached hydrogens (tertiary/aromatic N) is 2. The van der Waals surface area contributed by atoms with Gasteiger partial charge in [-0.3, -0.25) is 0 Å². The largest absolute Gasteiger partial charge is 0.447 e. The van der Waals surface area contributed by atoms with Crippen molar-refractivity contribution in [3.05, 3.63) is 36.4 Å². The molecule has 0 radical (unpaired) electrons. The predicted octanol–water partition coefficient (Wildman–Crippen LogP) is 1.75. The third-order valence-corrected chi connectivity index (χ3v) is 2.26. The van der Waals surface area contributed by atoms with Crippen LogP contribution in [0.2, 0.25) is 0 Å². The first-order valence-corrected chi connectivity index (χ1v) is 5.18. The van der Waals surface area contributed by atoms with Crippen LogP contribution in [0.1, 0.15) is 18.5 Å². The van der Waals surface area contributed by atoms with Crippen LogP contribution in [0.15, 0.2) is 35.1 Å². The molecule has 4 heteroatoms. The van der Waals surface area contributed by atoms with E-state index in [1.165, 1.54) is 0 Å². The minimum atomic E-state index is 0.749. The monoisotopic (exact) mass is 205 g/mol. The lowest BCUT2D eigenvalue weighted by atomic mass is 10.2. The van der Waals surface area contributed by atoms with Crippen LogP contribution in [0, 0.1) is 0 Å². The van der Waals surface area contributed by atoms with Crippen molar-refractivity contribution in [3.8, 4) is 5.88 Å². The number of aromatic nitrogens is 2. The van der Waals surface area contributed by atoms with Gasteiger partial charge in [-0.25, -0.2) is 4.68 Å². The molecule has 0 saturated carbocycles. The highest BCUT2D eigenvalue weighted by Gasteiger charge is 2.02. The Bertz CT molecular complexity index is 392. The van der Waals surface area contributed by atoms with Gasteiger partial charge < -0.3 is 10.2 Å². The second-order valence-corrected chi connectivity index (χ2v) is 3.45. The van der Waals surface area contributed by atoms with Crippen LogP contribution in [-0.2, 0) is 6.42 Å². The summed E-state index contributed by atoms with van der Waals surface area (Å²) in [6.07, 6.45) is 6.67. The van der Waals surface area contributed by atoms with Crippen LogP contribution in [0.25, 0.3) is 5.88 Å². The summed E-state index contributed by atoms with van der Waals surface area (Å²) >= 11 is 0. The number of hydrogen-bond donors (Lipinski definition) is 1. The summed E-state index contributed by atoms with van der Waals surface area (Å²) in [7, 11) is 0. The van der Waals surface area contributed by atoms with Crippen molar-refractivity contribution in [2.24, 2.45) is 5.73 Å². The molecule has 0 aliphatic carbocycles. The lowest BCUT2D eigenvalue weighted by molar-refractivity contribution is 0.520. The molecule has 0 aliphatic heterocycles. The molecule has 0 fully saturated rings. The highest BCUT2D eigenvalue weighted by molar-refractivity contribution is 5.17. The van der Waals surface area contributed by atoms with Crippen LogP contribution in [0.3, 0.4) is 0 Å². The van der Waals surface area contributed by atoms with Crippen LogP contribution < -0.4 is 5.73 Å². The molecule has 4 nitrogen and oxygen atoms in total. The minimum absolute atomic E-state index is 0.749. The van der Waals surface area contributed by atoms with Gasteiger partial charge in [0, 0.05) is 12.3 Å². The third-order valence-electron chi connectivity index (χ3n) is 2.26. The maximum atomic E-state index is 5.43. The number of hydrogen-bond acceptors (Lipinski definition) is 3. The smallest absolute Gasteiger partial charge is 0.219 e. The molecule has 2 N–H and O–H groups in total. The van der Waals surface area contributed by atoms with E-state index in [2.05, 4.69) is 5.10 Å². The fourth-order valence-corrected chi connectivity index (χ4v) is 1.47. The van der Waals surface area contributed by atoms with Gasteiger partial charge in [-0.1, -0.05) is 0 Å². The van der Waals surface area contributed by atoms with Gasteiger partial charge in [0.2, 0.25) is 5.88 Å². The molecule has 0 aromatic carbocycles. The van der Waals surface area contributed by atoms with Gasteiger partial charge in [0.15, 0.2) is 0 Å². The Balaban J connectivity index is 1.98. The SMILES string of the molecule is NCCCCc1ccn(-c2ccco2)n1. The summed E-state index contributed by atoms with van der Waals surface area (Å²) in [4.78, 5) is 0. The molecular formula is C11H15N3O. The zero-order chi connectivity index (χ0) is 10.5. The molecule has 0 amide bonds. The van der Waals surface area contributed by atoms with Crippen molar-refractivity contribution in [1.82, 2.24) is 9.78 Å². The molecule has 0 aliphatic rings. The molecule has 80 valence electrons. The normalized spacial score (nSPS) is 10.7. The zero-order valence-corrected chi connectivity index (χ0v) is 8.60. The maximum absolute atomic E-state index is 5.43. The van der Waals surface area contributed by atoms with E-state index in [1.54, 1.807) is 10.9 Å². The average Bonchev–Trinajstić information content (AvgIpc) is 2.87. The number of rotatable bonds is 5. The van der Waals surface area contributed by atoms with E-state index in [9.17, 15) is 0 Å². The highest BCUT2D eigenvalue weighted by Crippen LogP contribution is 2.09. The summed E-state index contributed by atoms with van der Waals surface area (Å²) in [5, 5.41) is 4.41. The Morgan fingerprint density at radius 2 is 2.27 bits per heavy atom. The molecule has 2 aromatic rings. The summed E-state index contributed by atoms with van der Waals surface area (Å²) in [5.41, 5.74) is 6.52. The minimum Gasteiger partial charge on any atom is -0.447 e. The topological polar surface area (TPSA) is 57.0 Å². The summed E-state index contributed by atoms with van der Waals surface area (Å²) in [6, 6.07) is 5.75. The Kier molecular flexibility index (Phi) is 3.19. The van der Waals surface area contributed by atoms with Crippen molar-refractivity contribution in [3.63, 3.8) is 0 Å². The van der Waals surface area contributed by atoms with E-state index < -0.39 is 0 Å². The molecule has 0 saturated heterocycles. The van der Waals surface area contributed by atoms with Crippen LogP contribution in [0.5, 0.6) is 0 Å². The van der Waals surface area contributed by atoms with Crippen molar-refractivity contribution >= 4 is 0 Å². The first-order chi connectivity index (χ1) is 7.40. The van der Waals surface area contributed by atoms with Crippen molar-refractivity contribution in [2.45, 2.75) is 19.3 Å². The van der Waals surface area contributed by atoms with Gasteiger partial charge in [-0.2, -0.15) is 5.10 Å². The summed E-state index contributed by atoms with van der Waals surface area (Å²) in [5.74, 6) is 0.750. The number of unbranched alkanes of at least 4 members (excludes halogenated alkanes) is 1. The van der Waals surface area contributed by atoms with Crippen molar-refractivity contribution < 1.29 is 4.42 Å². The second-order valence-electron chi connectivity index (χ2n) is 3.45. The zero-order valence-electron chi connectivity index (χ0n) is 8.60. The first kappa shape index (κ1) is 9.98. The quantitative estimate of drug-likeness (QED) is 0.756. The molecule has 2 aromatic heterocycles. The van der Waals surface area contributed by atoms with E-state index in [-0.39, 0.29) is 0 Å². The second kappa shape index (κ2) is 4.79. The fourth-order valence-electron chi connectivity index (χ4n) is 1.47. The molecule has 0 atom stereocenters. The Labute approximate surface area is 88.7 Å². The van der Waals surface area contributed by atoms with Gasteiger partial charge in [0.1, 0.15) is 0 Å². The predicted molar refractivity (Wildman–Crippen MR) is 57.8 cm³/mol. The fraction of sp³-hybridized carbons (Fsp3) is 0.364. The molecular weight excluding hydrogens is 190 g/mol. The van der Waals surface area contributed by atoms with E-state index in [1.807, 2.05) is 24.4 Å². The molecule has 0 spiro atoms. The summed E-state index contributed by atoms with van der Waals surface area (Å²) in [6.45, 7) is 0.749. The highest BCUT2D eigenvalue weighted by atomic mass is 16.3. The third kappa shape index (κ3) is 2.47.